The molecule has 0 saturated carbocycles. The molecule has 5 nitrogen and oxygen atoms in total. The number of carbonyl (C=O) groups excluding carboxylic acids is 1. The summed E-state index contributed by atoms with van der Waals surface area (Å²) in [5.74, 6) is 0.490. The summed E-state index contributed by atoms with van der Waals surface area (Å²) in [6, 6.07) is 14.7. The van der Waals surface area contributed by atoms with Crippen molar-refractivity contribution in [2.45, 2.75) is 20.1 Å². The first-order valence-electron chi connectivity index (χ1n) is 8.26. The van der Waals surface area contributed by atoms with E-state index in [1.165, 1.54) is 0 Å². The summed E-state index contributed by atoms with van der Waals surface area (Å²) in [7, 11) is 1.88. The van der Waals surface area contributed by atoms with E-state index in [1.807, 2.05) is 50.4 Å². The first kappa shape index (κ1) is 18.0. The number of benzene rings is 2. The van der Waals surface area contributed by atoms with Crippen molar-refractivity contribution in [3.05, 3.63) is 82.1 Å². The highest BCUT2D eigenvalue weighted by Gasteiger charge is 2.09. The zero-order valence-electron chi connectivity index (χ0n) is 14.7. The average molecular weight is 370 g/mol. The zero-order chi connectivity index (χ0) is 18.5. The Balaban J connectivity index is 1.62. The van der Waals surface area contributed by atoms with Crippen LogP contribution in [0.3, 0.4) is 0 Å². The summed E-state index contributed by atoms with van der Waals surface area (Å²) >= 11 is 6.09. The molecule has 0 bridgehead atoms. The Morgan fingerprint density at radius 2 is 2.04 bits per heavy atom. The maximum atomic E-state index is 12.4. The van der Waals surface area contributed by atoms with Gasteiger partial charge in [-0.1, -0.05) is 35.9 Å². The Morgan fingerprint density at radius 1 is 1.23 bits per heavy atom. The molecule has 0 saturated heterocycles. The summed E-state index contributed by atoms with van der Waals surface area (Å²) < 4.78 is 7.52. The Kier molecular flexibility index (Phi) is 5.58. The molecule has 1 amide bonds. The lowest BCUT2D eigenvalue weighted by atomic mass is 10.1. The molecular weight excluding hydrogens is 350 g/mol. The molecule has 0 aliphatic rings. The number of aryl methyl sites for hydroxylation is 1. The van der Waals surface area contributed by atoms with E-state index in [0.717, 1.165) is 16.8 Å². The van der Waals surface area contributed by atoms with Gasteiger partial charge < -0.3 is 10.1 Å². The van der Waals surface area contributed by atoms with Crippen molar-refractivity contribution in [3.63, 3.8) is 0 Å². The smallest absolute Gasteiger partial charge is 0.251 e. The van der Waals surface area contributed by atoms with Crippen LogP contribution in [-0.2, 0) is 20.2 Å². The molecule has 1 heterocycles. The van der Waals surface area contributed by atoms with Gasteiger partial charge in [-0.05, 0) is 36.8 Å². The molecule has 3 rings (SSSR count). The van der Waals surface area contributed by atoms with Gasteiger partial charge in [-0.15, -0.1) is 0 Å². The van der Waals surface area contributed by atoms with E-state index in [-0.39, 0.29) is 5.91 Å². The van der Waals surface area contributed by atoms with Crippen LogP contribution < -0.4 is 10.1 Å². The molecule has 0 aliphatic heterocycles. The van der Waals surface area contributed by atoms with Crippen molar-refractivity contribution in [2.75, 3.05) is 0 Å². The Bertz CT molecular complexity index is 921. The van der Waals surface area contributed by atoms with Crippen molar-refractivity contribution < 1.29 is 9.53 Å². The number of carbonyl (C=O) groups is 1. The van der Waals surface area contributed by atoms with E-state index >= 15 is 0 Å². The molecule has 6 heteroatoms. The van der Waals surface area contributed by atoms with Crippen molar-refractivity contribution in [2.24, 2.45) is 7.05 Å². The lowest BCUT2D eigenvalue weighted by molar-refractivity contribution is 0.0950. The highest BCUT2D eigenvalue weighted by Crippen LogP contribution is 2.24. The Labute approximate surface area is 157 Å². The van der Waals surface area contributed by atoms with Crippen LogP contribution in [0.15, 0.2) is 54.7 Å². The Morgan fingerprint density at radius 3 is 2.77 bits per heavy atom. The number of nitrogens with one attached hydrogen (secondary N) is 1. The minimum absolute atomic E-state index is 0.132. The fraction of sp³-hybridized carbons (Fsp3) is 0.200. The largest absolute Gasteiger partial charge is 0.487 e. The molecule has 134 valence electrons. The number of hydrogen-bond acceptors (Lipinski definition) is 3. The molecule has 2 aromatic carbocycles. The van der Waals surface area contributed by atoms with Crippen LogP contribution in [0.5, 0.6) is 5.75 Å². The fourth-order valence-electron chi connectivity index (χ4n) is 2.52. The third-order valence-corrected chi connectivity index (χ3v) is 4.51. The van der Waals surface area contributed by atoms with Gasteiger partial charge in [-0.3, -0.25) is 9.48 Å². The predicted molar refractivity (Wildman–Crippen MR) is 101 cm³/mol. The number of nitrogens with zero attached hydrogens (tertiary/aromatic N) is 2. The topological polar surface area (TPSA) is 56.1 Å². The third-order valence-electron chi connectivity index (χ3n) is 4.20. The average Bonchev–Trinajstić information content (AvgIpc) is 2.97. The minimum Gasteiger partial charge on any atom is -0.487 e. The van der Waals surface area contributed by atoms with Gasteiger partial charge in [-0.25, -0.2) is 0 Å². The first-order chi connectivity index (χ1) is 12.5. The van der Waals surface area contributed by atoms with Gasteiger partial charge in [-0.2, -0.15) is 5.10 Å². The molecular formula is C20H20ClN3O2. The van der Waals surface area contributed by atoms with E-state index in [1.54, 1.807) is 23.0 Å². The molecule has 1 aromatic heterocycles. The van der Waals surface area contributed by atoms with Crippen LogP contribution in [0.4, 0.5) is 0 Å². The molecule has 0 aliphatic carbocycles. The molecule has 26 heavy (non-hydrogen) atoms. The SMILES string of the molecule is Cc1c(CNC(=O)c2cccc(COc3ccccc3Cl)c2)cnn1C. The number of rotatable bonds is 6. The van der Waals surface area contributed by atoms with E-state index in [9.17, 15) is 4.79 Å². The Hall–Kier alpha value is -2.79. The number of ether oxygens (including phenoxy) is 1. The third kappa shape index (κ3) is 4.24. The lowest BCUT2D eigenvalue weighted by Crippen LogP contribution is -2.23. The predicted octanol–water partition coefficient (Wildman–Crippen LogP) is 3.89. The molecule has 0 atom stereocenters. The number of aromatic nitrogens is 2. The summed E-state index contributed by atoms with van der Waals surface area (Å²) in [4.78, 5) is 12.4. The maximum Gasteiger partial charge on any atom is 0.251 e. The highest BCUT2D eigenvalue weighted by molar-refractivity contribution is 6.32. The molecule has 1 N–H and O–H groups in total. The summed E-state index contributed by atoms with van der Waals surface area (Å²) in [6.45, 7) is 2.76. The molecule has 3 aromatic rings. The van der Waals surface area contributed by atoms with Gasteiger partial charge in [0.2, 0.25) is 0 Å². The standard InChI is InChI=1S/C20H20ClN3O2/c1-14-17(12-23-24(14)2)11-22-20(25)16-7-5-6-15(10-16)13-26-19-9-4-3-8-18(19)21/h3-10,12H,11,13H2,1-2H3,(H,22,25). The van der Waals surface area contributed by atoms with Gasteiger partial charge in [0.1, 0.15) is 12.4 Å². The van der Waals surface area contributed by atoms with Crippen molar-refractivity contribution in [1.82, 2.24) is 15.1 Å². The van der Waals surface area contributed by atoms with Gasteiger partial charge in [0, 0.05) is 30.4 Å². The maximum absolute atomic E-state index is 12.4. The lowest BCUT2D eigenvalue weighted by Gasteiger charge is -2.09. The van der Waals surface area contributed by atoms with Gasteiger partial charge in [0.05, 0.1) is 11.2 Å². The van der Waals surface area contributed by atoms with E-state index in [4.69, 9.17) is 16.3 Å². The normalized spacial score (nSPS) is 10.6. The fourth-order valence-corrected chi connectivity index (χ4v) is 2.71. The number of halogens is 1. The van der Waals surface area contributed by atoms with Crippen LogP contribution in [0.2, 0.25) is 5.02 Å². The first-order valence-corrected chi connectivity index (χ1v) is 8.64. The van der Waals surface area contributed by atoms with E-state index in [2.05, 4.69) is 10.4 Å². The van der Waals surface area contributed by atoms with E-state index in [0.29, 0.717) is 29.5 Å². The molecule has 0 fully saturated rings. The van der Waals surface area contributed by atoms with E-state index < -0.39 is 0 Å². The minimum atomic E-state index is -0.132. The second-order valence-electron chi connectivity index (χ2n) is 5.98. The zero-order valence-corrected chi connectivity index (χ0v) is 15.5. The quantitative estimate of drug-likeness (QED) is 0.717. The number of hydrogen-bond donors (Lipinski definition) is 1. The monoisotopic (exact) mass is 369 g/mol. The van der Waals surface area contributed by atoms with Crippen molar-refractivity contribution in [1.29, 1.82) is 0 Å². The van der Waals surface area contributed by atoms with Gasteiger partial charge in [0.25, 0.3) is 5.91 Å². The van der Waals surface area contributed by atoms with Gasteiger partial charge >= 0.3 is 0 Å². The summed E-state index contributed by atoms with van der Waals surface area (Å²) in [6.07, 6.45) is 1.77. The summed E-state index contributed by atoms with van der Waals surface area (Å²) in [5, 5.41) is 7.67. The number of para-hydroxylation sites is 1. The van der Waals surface area contributed by atoms with Crippen LogP contribution in [0, 0.1) is 6.92 Å². The summed E-state index contributed by atoms with van der Waals surface area (Å²) in [5.41, 5.74) is 3.52. The van der Waals surface area contributed by atoms with Crippen molar-refractivity contribution >= 4 is 17.5 Å². The highest BCUT2D eigenvalue weighted by atomic mass is 35.5. The van der Waals surface area contributed by atoms with Gasteiger partial charge in [0.15, 0.2) is 0 Å². The molecule has 0 radical (unpaired) electrons. The van der Waals surface area contributed by atoms with Crippen molar-refractivity contribution in [3.8, 4) is 5.75 Å². The van der Waals surface area contributed by atoms with Crippen LogP contribution in [0.1, 0.15) is 27.2 Å². The van der Waals surface area contributed by atoms with Crippen LogP contribution in [0.25, 0.3) is 0 Å². The van der Waals surface area contributed by atoms with Crippen LogP contribution >= 0.6 is 11.6 Å². The number of amides is 1. The molecule has 0 spiro atoms. The second-order valence-corrected chi connectivity index (χ2v) is 6.39. The molecule has 0 unspecified atom stereocenters. The second kappa shape index (κ2) is 8.06. The van der Waals surface area contributed by atoms with Crippen LogP contribution in [-0.4, -0.2) is 15.7 Å².